The first-order valence-electron chi connectivity index (χ1n) is 12.8. The van der Waals surface area contributed by atoms with Crippen LogP contribution >= 0.6 is 0 Å². The maximum absolute atomic E-state index is 14.6. The lowest BCUT2D eigenvalue weighted by Crippen LogP contribution is -2.50. The molecule has 1 aliphatic carbocycles. The average Bonchev–Trinajstić information content (AvgIpc) is 3.39. The van der Waals surface area contributed by atoms with Crippen molar-refractivity contribution in [3.05, 3.63) is 65.5 Å². The number of benzene rings is 2. The average molecular weight is 628 g/mol. The van der Waals surface area contributed by atoms with Gasteiger partial charge < -0.3 is 10.0 Å². The smallest absolute Gasteiger partial charge is 0.435 e. The summed E-state index contributed by atoms with van der Waals surface area (Å²) in [5.74, 6) is -3.48. The van der Waals surface area contributed by atoms with Gasteiger partial charge in [-0.05, 0) is 61.9 Å². The Kier molecular flexibility index (Phi) is 8.15. The van der Waals surface area contributed by atoms with E-state index in [0.717, 1.165) is 24.3 Å². The highest BCUT2D eigenvalue weighted by Crippen LogP contribution is 2.54. The zero-order chi connectivity index (χ0) is 31.3. The topological polar surface area (TPSA) is 91.8 Å². The van der Waals surface area contributed by atoms with E-state index in [-0.39, 0.29) is 56.3 Å². The summed E-state index contributed by atoms with van der Waals surface area (Å²) in [5.41, 5.74) is -7.82. The molecule has 0 unspecified atom stereocenters. The van der Waals surface area contributed by atoms with Crippen molar-refractivity contribution in [3.63, 3.8) is 0 Å². The standard InChI is InChI=1S/C27H25F8NO5S/c28-20-9-11-21(12-10-20)42(40,41)24(13-14-36(15-24)22(37)16-1-3-17(4-2-16)23(38)39)18-5-7-19(8-6-18)25(29,26(30,31)32)27(33,34)35/h5-12,16-17H,1-4,13-15H2,(H,38,39)/t16-,17+,24-/m0/s1. The largest absolute Gasteiger partial charge is 0.481 e. The maximum atomic E-state index is 14.6. The van der Waals surface area contributed by atoms with Crippen LogP contribution in [0, 0.1) is 17.7 Å². The van der Waals surface area contributed by atoms with Crippen molar-refractivity contribution in [2.24, 2.45) is 11.8 Å². The Morgan fingerprint density at radius 2 is 1.31 bits per heavy atom. The molecule has 1 saturated carbocycles. The molecule has 0 radical (unpaired) electrons. The molecule has 1 saturated heterocycles. The molecule has 2 aromatic carbocycles. The molecule has 0 spiro atoms. The van der Waals surface area contributed by atoms with Crippen LogP contribution in [-0.2, 0) is 29.8 Å². The quantitative estimate of drug-likeness (QED) is 0.318. The van der Waals surface area contributed by atoms with Crippen LogP contribution in [0.3, 0.4) is 0 Å². The van der Waals surface area contributed by atoms with E-state index in [1.54, 1.807) is 0 Å². The van der Waals surface area contributed by atoms with Crippen LogP contribution < -0.4 is 0 Å². The number of carbonyl (C=O) groups excluding carboxylic acids is 1. The number of nitrogens with zero attached hydrogens (tertiary/aromatic N) is 1. The summed E-state index contributed by atoms with van der Waals surface area (Å²) < 4.78 is 134. The van der Waals surface area contributed by atoms with E-state index in [2.05, 4.69) is 0 Å². The van der Waals surface area contributed by atoms with Gasteiger partial charge in [0.05, 0.1) is 10.8 Å². The SMILES string of the molecule is O=C(O)[C@H]1CC[C@@H](C(=O)N2CC[C@](c3ccc(C(F)(C(F)(F)F)C(F)(F)F)cc3)(S(=O)(=O)c3ccc(F)cc3)C2)CC1. The Hall–Kier alpha value is -3.23. The van der Waals surface area contributed by atoms with Crippen LogP contribution in [0.1, 0.15) is 43.2 Å². The molecule has 0 aromatic heterocycles. The van der Waals surface area contributed by atoms with E-state index in [0.29, 0.717) is 12.1 Å². The summed E-state index contributed by atoms with van der Waals surface area (Å²) in [7, 11) is -4.57. The molecule has 42 heavy (non-hydrogen) atoms. The Labute approximate surface area is 235 Å². The normalized spacial score (nSPS) is 24.0. The number of aliphatic carboxylic acids is 1. The third-order valence-corrected chi connectivity index (χ3v) is 10.7. The van der Waals surface area contributed by atoms with Crippen molar-refractivity contribution in [2.45, 2.75) is 59.8 Å². The minimum absolute atomic E-state index is 0.155. The molecule has 2 fully saturated rings. The molecule has 1 amide bonds. The predicted octanol–water partition coefficient (Wildman–Crippen LogP) is 5.91. The number of hydrogen-bond acceptors (Lipinski definition) is 4. The number of amides is 1. The zero-order valence-corrected chi connectivity index (χ0v) is 22.5. The Balaban J connectivity index is 1.74. The molecule has 4 rings (SSSR count). The number of sulfone groups is 1. The third-order valence-electron chi connectivity index (χ3n) is 8.20. The second-order valence-electron chi connectivity index (χ2n) is 10.6. The summed E-state index contributed by atoms with van der Waals surface area (Å²) in [4.78, 5) is 25.4. The van der Waals surface area contributed by atoms with Crippen LogP contribution in [0.25, 0.3) is 0 Å². The summed E-state index contributed by atoms with van der Waals surface area (Å²) >= 11 is 0. The fraction of sp³-hybridized carbons (Fsp3) is 0.481. The number of alkyl halides is 7. The fourth-order valence-corrected chi connectivity index (χ4v) is 7.83. The molecule has 1 aliphatic heterocycles. The maximum Gasteiger partial charge on any atom is 0.435 e. The van der Waals surface area contributed by atoms with E-state index in [4.69, 9.17) is 0 Å². The number of halogens is 8. The van der Waals surface area contributed by atoms with Crippen molar-refractivity contribution in [1.82, 2.24) is 4.90 Å². The first kappa shape index (κ1) is 31.7. The molecular formula is C27H25F8NO5S. The fourth-order valence-electron chi connectivity index (χ4n) is 5.76. The van der Waals surface area contributed by atoms with E-state index >= 15 is 0 Å². The van der Waals surface area contributed by atoms with Crippen LogP contribution in [0.2, 0.25) is 0 Å². The lowest BCUT2D eigenvalue weighted by molar-refractivity contribution is -0.348. The van der Waals surface area contributed by atoms with Gasteiger partial charge in [-0.25, -0.2) is 17.2 Å². The van der Waals surface area contributed by atoms with Gasteiger partial charge in [-0.1, -0.05) is 24.3 Å². The highest BCUT2D eigenvalue weighted by molar-refractivity contribution is 7.92. The van der Waals surface area contributed by atoms with Gasteiger partial charge in [0.25, 0.3) is 0 Å². The van der Waals surface area contributed by atoms with Crippen molar-refractivity contribution in [1.29, 1.82) is 0 Å². The lowest BCUT2D eigenvalue weighted by Gasteiger charge is -2.33. The van der Waals surface area contributed by atoms with Crippen LogP contribution in [0.4, 0.5) is 35.1 Å². The van der Waals surface area contributed by atoms with Crippen LogP contribution in [-0.4, -0.2) is 55.7 Å². The molecule has 1 heterocycles. The van der Waals surface area contributed by atoms with Gasteiger partial charge in [-0.3, -0.25) is 9.59 Å². The third kappa shape index (κ3) is 5.24. The predicted molar refractivity (Wildman–Crippen MR) is 131 cm³/mol. The summed E-state index contributed by atoms with van der Waals surface area (Å²) in [5, 5.41) is 9.21. The molecule has 15 heteroatoms. The van der Waals surface area contributed by atoms with Crippen LogP contribution in [0.5, 0.6) is 0 Å². The Morgan fingerprint density at radius 3 is 1.79 bits per heavy atom. The first-order chi connectivity index (χ1) is 19.3. The van der Waals surface area contributed by atoms with Crippen molar-refractivity contribution < 1.29 is 58.2 Å². The van der Waals surface area contributed by atoms with Crippen LogP contribution in [0.15, 0.2) is 53.4 Å². The molecular weight excluding hydrogens is 602 g/mol. The zero-order valence-electron chi connectivity index (χ0n) is 21.7. The number of hydrogen-bond donors (Lipinski definition) is 1. The second-order valence-corrected chi connectivity index (χ2v) is 12.8. The molecule has 230 valence electrons. The molecule has 2 aliphatic rings. The Morgan fingerprint density at radius 1 is 0.810 bits per heavy atom. The Bertz CT molecular complexity index is 1420. The minimum Gasteiger partial charge on any atom is -0.481 e. The number of carboxylic acid groups (broad SMARTS) is 1. The van der Waals surface area contributed by atoms with Gasteiger partial charge in [0.2, 0.25) is 5.91 Å². The van der Waals surface area contributed by atoms with Gasteiger partial charge in [0.15, 0.2) is 9.84 Å². The minimum atomic E-state index is -6.37. The lowest BCUT2D eigenvalue weighted by atomic mass is 9.81. The summed E-state index contributed by atoms with van der Waals surface area (Å²) in [6, 6.07) is 5.35. The highest BCUT2D eigenvalue weighted by Gasteiger charge is 2.73. The van der Waals surface area contributed by atoms with Gasteiger partial charge in [-0.2, -0.15) is 26.3 Å². The van der Waals surface area contributed by atoms with Gasteiger partial charge in [-0.15, -0.1) is 0 Å². The number of likely N-dealkylation sites (tertiary alicyclic amines) is 1. The molecule has 0 bridgehead atoms. The monoisotopic (exact) mass is 627 g/mol. The molecule has 2 aromatic rings. The molecule has 6 nitrogen and oxygen atoms in total. The van der Waals surface area contributed by atoms with Gasteiger partial charge in [0, 0.05) is 24.6 Å². The van der Waals surface area contributed by atoms with Gasteiger partial charge >= 0.3 is 24.0 Å². The van der Waals surface area contributed by atoms with Crippen molar-refractivity contribution in [2.75, 3.05) is 13.1 Å². The molecule has 1 atom stereocenters. The van der Waals surface area contributed by atoms with Gasteiger partial charge in [0.1, 0.15) is 10.6 Å². The number of rotatable bonds is 6. The van der Waals surface area contributed by atoms with E-state index in [1.807, 2.05) is 0 Å². The van der Waals surface area contributed by atoms with Crippen molar-refractivity contribution >= 4 is 21.7 Å². The van der Waals surface area contributed by atoms with Crippen molar-refractivity contribution in [3.8, 4) is 0 Å². The van der Waals surface area contributed by atoms with E-state index < -0.39 is 79.1 Å². The van der Waals surface area contributed by atoms with E-state index in [1.165, 1.54) is 4.90 Å². The summed E-state index contributed by atoms with van der Waals surface area (Å²) in [6.07, 6.45) is -12.2. The number of carbonyl (C=O) groups is 2. The number of carboxylic acids is 1. The highest BCUT2D eigenvalue weighted by atomic mass is 32.2. The molecule has 1 N–H and O–H groups in total. The van der Waals surface area contributed by atoms with E-state index in [9.17, 15) is 58.2 Å². The second kappa shape index (κ2) is 10.8. The first-order valence-corrected chi connectivity index (χ1v) is 14.3. The summed E-state index contributed by atoms with van der Waals surface area (Å²) in [6.45, 7) is -0.693.